The van der Waals surface area contributed by atoms with Crippen molar-refractivity contribution in [3.05, 3.63) is 41.7 Å². The second-order valence-corrected chi connectivity index (χ2v) is 8.06. The first-order chi connectivity index (χ1) is 12.5. The van der Waals surface area contributed by atoms with Crippen molar-refractivity contribution < 1.29 is 4.79 Å². The zero-order chi connectivity index (χ0) is 18.5. The van der Waals surface area contributed by atoms with Crippen molar-refractivity contribution in [1.82, 2.24) is 9.97 Å². The molecule has 1 amide bonds. The van der Waals surface area contributed by atoms with Gasteiger partial charge in [0.15, 0.2) is 5.82 Å². The Labute approximate surface area is 159 Å². The van der Waals surface area contributed by atoms with Gasteiger partial charge in [-0.15, -0.1) is 0 Å². The summed E-state index contributed by atoms with van der Waals surface area (Å²) in [5.74, 6) is 1.87. The number of hydrogen-bond donors (Lipinski definition) is 1. The number of benzene rings is 1. The Bertz CT molecular complexity index is 760. The number of aryl methyl sites for hydroxylation is 2. The van der Waals surface area contributed by atoms with Crippen LogP contribution in [0, 0.1) is 19.8 Å². The van der Waals surface area contributed by atoms with Gasteiger partial charge in [-0.1, -0.05) is 24.8 Å². The van der Waals surface area contributed by atoms with E-state index in [1.807, 2.05) is 26.0 Å². The maximum atomic E-state index is 12.4. The molecule has 1 atom stereocenters. The Morgan fingerprint density at radius 3 is 2.69 bits per heavy atom. The summed E-state index contributed by atoms with van der Waals surface area (Å²) in [4.78, 5) is 23.6. The highest BCUT2D eigenvalue weighted by Gasteiger charge is 2.21. The van der Waals surface area contributed by atoms with Crippen LogP contribution in [0.15, 0.2) is 35.6 Å². The molecule has 1 aliphatic heterocycles. The van der Waals surface area contributed by atoms with Crippen LogP contribution >= 0.6 is 11.8 Å². The van der Waals surface area contributed by atoms with Gasteiger partial charge in [-0.2, -0.15) is 0 Å². The number of thioether (sulfide) groups is 1. The third-order valence-corrected chi connectivity index (χ3v) is 5.42. The SMILES string of the molecule is Cc1cc(C)cc(NC(=O)CSc2nccnc2N2CCC[C@H](C)C2)c1. The molecule has 3 rings (SSSR count). The lowest BCUT2D eigenvalue weighted by Crippen LogP contribution is -2.35. The average Bonchev–Trinajstić information content (AvgIpc) is 2.59. The summed E-state index contributed by atoms with van der Waals surface area (Å²) >= 11 is 1.45. The van der Waals surface area contributed by atoms with Crippen LogP contribution in [0.25, 0.3) is 0 Å². The molecular weight excluding hydrogens is 344 g/mol. The zero-order valence-electron chi connectivity index (χ0n) is 15.7. The van der Waals surface area contributed by atoms with Gasteiger partial charge in [0.2, 0.25) is 5.91 Å². The van der Waals surface area contributed by atoms with Crippen LogP contribution in [0.4, 0.5) is 11.5 Å². The third-order valence-electron chi connectivity index (χ3n) is 4.45. The van der Waals surface area contributed by atoms with Gasteiger partial charge in [0.05, 0.1) is 5.75 Å². The van der Waals surface area contributed by atoms with Gasteiger partial charge in [0.1, 0.15) is 5.03 Å². The first kappa shape index (κ1) is 18.7. The maximum Gasteiger partial charge on any atom is 0.234 e. The fourth-order valence-electron chi connectivity index (χ4n) is 3.40. The van der Waals surface area contributed by atoms with Crippen LogP contribution in [0.2, 0.25) is 0 Å². The van der Waals surface area contributed by atoms with Gasteiger partial charge in [0.25, 0.3) is 0 Å². The molecule has 1 aromatic heterocycles. The highest BCUT2D eigenvalue weighted by molar-refractivity contribution is 8.00. The van der Waals surface area contributed by atoms with E-state index in [4.69, 9.17) is 0 Å². The highest BCUT2D eigenvalue weighted by Crippen LogP contribution is 2.29. The number of rotatable bonds is 5. The molecule has 1 N–H and O–H groups in total. The van der Waals surface area contributed by atoms with Crippen molar-refractivity contribution in [2.75, 3.05) is 29.1 Å². The molecular formula is C20H26N4OS. The summed E-state index contributed by atoms with van der Waals surface area (Å²) in [6.07, 6.45) is 5.86. The molecule has 0 spiro atoms. The number of hydrogen-bond acceptors (Lipinski definition) is 5. The Balaban J connectivity index is 1.63. The molecule has 0 saturated carbocycles. The quantitative estimate of drug-likeness (QED) is 0.804. The second kappa shape index (κ2) is 8.54. The lowest BCUT2D eigenvalue weighted by Gasteiger charge is -2.32. The van der Waals surface area contributed by atoms with Gasteiger partial charge in [-0.05, 0) is 55.9 Å². The van der Waals surface area contributed by atoms with Crippen molar-refractivity contribution in [2.45, 2.75) is 38.6 Å². The number of piperidine rings is 1. The van der Waals surface area contributed by atoms with Crippen molar-refractivity contribution in [3.8, 4) is 0 Å². The number of nitrogens with zero attached hydrogens (tertiary/aromatic N) is 3. The van der Waals surface area contributed by atoms with E-state index < -0.39 is 0 Å². The number of carbonyl (C=O) groups is 1. The van der Waals surface area contributed by atoms with Crippen molar-refractivity contribution in [1.29, 1.82) is 0 Å². The Hall–Kier alpha value is -2.08. The zero-order valence-corrected chi connectivity index (χ0v) is 16.5. The normalized spacial score (nSPS) is 17.2. The highest BCUT2D eigenvalue weighted by atomic mass is 32.2. The average molecular weight is 371 g/mol. The Kier molecular flexibility index (Phi) is 6.14. The Morgan fingerprint density at radius 2 is 1.96 bits per heavy atom. The number of aromatic nitrogens is 2. The minimum atomic E-state index is -0.0244. The van der Waals surface area contributed by atoms with Gasteiger partial charge < -0.3 is 10.2 Å². The van der Waals surface area contributed by atoms with Gasteiger partial charge in [-0.3, -0.25) is 4.79 Å². The number of carbonyl (C=O) groups excluding carboxylic acids is 1. The molecule has 26 heavy (non-hydrogen) atoms. The number of amides is 1. The molecule has 1 aliphatic rings. The largest absolute Gasteiger partial charge is 0.354 e. The van der Waals surface area contributed by atoms with E-state index in [0.717, 1.165) is 40.7 Å². The van der Waals surface area contributed by atoms with Crippen molar-refractivity contribution in [3.63, 3.8) is 0 Å². The topological polar surface area (TPSA) is 58.1 Å². The lowest BCUT2D eigenvalue weighted by atomic mass is 10.0. The summed E-state index contributed by atoms with van der Waals surface area (Å²) in [6, 6.07) is 6.06. The monoisotopic (exact) mass is 370 g/mol. The van der Waals surface area contributed by atoms with E-state index in [2.05, 4.69) is 33.2 Å². The molecule has 1 aromatic carbocycles. The van der Waals surface area contributed by atoms with E-state index >= 15 is 0 Å². The summed E-state index contributed by atoms with van der Waals surface area (Å²) in [5.41, 5.74) is 3.13. The second-order valence-electron chi connectivity index (χ2n) is 7.09. The van der Waals surface area contributed by atoms with E-state index in [1.54, 1.807) is 12.4 Å². The lowest BCUT2D eigenvalue weighted by molar-refractivity contribution is -0.113. The predicted octanol–water partition coefficient (Wildman–Crippen LogP) is 4.06. The van der Waals surface area contributed by atoms with E-state index in [9.17, 15) is 4.79 Å². The molecule has 1 saturated heterocycles. The van der Waals surface area contributed by atoms with Gasteiger partial charge in [-0.25, -0.2) is 9.97 Å². The van der Waals surface area contributed by atoms with Crippen LogP contribution in [-0.4, -0.2) is 34.7 Å². The smallest absolute Gasteiger partial charge is 0.234 e. The molecule has 0 aliphatic carbocycles. The van der Waals surface area contributed by atoms with Crippen molar-refractivity contribution in [2.24, 2.45) is 5.92 Å². The fourth-order valence-corrected chi connectivity index (χ4v) is 4.18. The Morgan fingerprint density at radius 1 is 1.23 bits per heavy atom. The van der Waals surface area contributed by atoms with Crippen LogP contribution in [0.1, 0.15) is 30.9 Å². The predicted molar refractivity (Wildman–Crippen MR) is 108 cm³/mol. The summed E-state index contributed by atoms with van der Waals surface area (Å²) in [7, 11) is 0. The molecule has 2 heterocycles. The summed E-state index contributed by atoms with van der Waals surface area (Å²) in [5, 5.41) is 3.81. The summed E-state index contributed by atoms with van der Waals surface area (Å²) < 4.78 is 0. The minimum Gasteiger partial charge on any atom is -0.354 e. The third kappa shape index (κ3) is 4.97. The van der Waals surface area contributed by atoms with Crippen LogP contribution < -0.4 is 10.2 Å². The van der Waals surface area contributed by atoms with E-state index in [0.29, 0.717) is 11.7 Å². The van der Waals surface area contributed by atoms with E-state index in [1.165, 1.54) is 24.6 Å². The van der Waals surface area contributed by atoms with Crippen LogP contribution in [0.5, 0.6) is 0 Å². The molecule has 6 heteroatoms. The van der Waals surface area contributed by atoms with E-state index in [-0.39, 0.29) is 5.91 Å². The standard InChI is InChI=1S/C20H26N4OS/c1-14-5-4-8-24(12-14)19-20(22-7-6-21-19)26-13-18(25)23-17-10-15(2)9-16(3)11-17/h6-7,9-11,14H,4-5,8,12-13H2,1-3H3,(H,23,25)/t14-/m0/s1. The molecule has 2 aromatic rings. The molecule has 0 radical (unpaired) electrons. The fraction of sp³-hybridized carbons (Fsp3) is 0.450. The van der Waals surface area contributed by atoms with Gasteiger partial charge >= 0.3 is 0 Å². The molecule has 138 valence electrons. The first-order valence-corrected chi connectivity index (χ1v) is 10.1. The number of nitrogens with one attached hydrogen (secondary N) is 1. The number of anilines is 2. The molecule has 5 nitrogen and oxygen atoms in total. The molecule has 0 unspecified atom stereocenters. The summed E-state index contributed by atoms with van der Waals surface area (Å²) in [6.45, 7) is 8.34. The van der Waals surface area contributed by atoms with Crippen LogP contribution in [0.3, 0.4) is 0 Å². The maximum absolute atomic E-state index is 12.4. The van der Waals surface area contributed by atoms with Crippen LogP contribution in [-0.2, 0) is 4.79 Å². The first-order valence-electron chi connectivity index (χ1n) is 9.08. The molecule has 1 fully saturated rings. The van der Waals surface area contributed by atoms with Gasteiger partial charge in [0, 0.05) is 31.2 Å². The van der Waals surface area contributed by atoms with Crippen molar-refractivity contribution >= 4 is 29.2 Å². The molecule has 0 bridgehead atoms. The minimum absolute atomic E-state index is 0.0244.